The monoisotopic (exact) mass is 506 g/mol. The highest BCUT2D eigenvalue weighted by Crippen LogP contribution is 2.32. The molecule has 186 valence electrons. The fourth-order valence-corrected chi connectivity index (χ4v) is 5.20. The van der Waals surface area contributed by atoms with Gasteiger partial charge in [0.15, 0.2) is 5.82 Å². The van der Waals surface area contributed by atoms with Gasteiger partial charge in [0.25, 0.3) is 16.0 Å². The number of benzene rings is 2. The average Bonchev–Trinajstić information content (AvgIpc) is 3.32. The molecule has 3 heterocycles. The average molecular weight is 507 g/mol. The highest BCUT2D eigenvalue weighted by atomic mass is 32.2. The number of piperidine rings is 1. The van der Waals surface area contributed by atoms with Crippen LogP contribution in [-0.4, -0.2) is 69.9 Å². The van der Waals surface area contributed by atoms with Crippen LogP contribution in [0.3, 0.4) is 0 Å². The minimum atomic E-state index is -4.30. The molecule has 1 saturated heterocycles. The number of hydrogen-bond acceptors (Lipinski definition) is 7. The van der Waals surface area contributed by atoms with Crippen molar-refractivity contribution < 1.29 is 17.8 Å². The summed E-state index contributed by atoms with van der Waals surface area (Å²) < 4.78 is 33.5. The number of fused-ring (bicyclic) bond motifs is 1. The van der Waals surface area contributed by atoms with E-state index in [4.69, 9.17) is 4.55 Å². The molecule has 0 saturated carbocycles. The second-order valence-electron chi connectivity index (χ2n) is 8.89. The van der Waals surface area contributed by atoms with Crippen LogP contribution in [0, 0.1) is 0 Å². The Morgan fingerprint density at radius 2 is 1.67 bits per heavy atom. The molecule has 2 aromatic heterocycles. The molecule has 0 unspecified atom stereocenters. The molecule has 10 nitrogen and oxygen atoms in total. The number of carbonyl (C=O) groups excluding carboxylic acids is 1. The molecule has 4 aromatic rings. The maximum Gasteiger partial charge on any atom is 0.294 e. The highest BCUT2D eigenvalue weighted by molar-refractivity contribution is 7.85. The summed E-state index contributed by atoms with van der Waals surface area (Å²) >= 11 is 0. The summed E-state index contributed by atoms with van der Waals surface area (Å²) in [6.07, 6.45) is 3.25. The van der Waals surface area contributed by atoms with Crippen molar-refractivity contribution in [2.75, 3.05) is 25.0 Å². The molecule has 1 amide bonds. The van der Waals surface area contributed by atoms with Gasteiger partial charge >= 0.3 is 0 Å². The van der Waals surface area contributed by atoms with Gasteiger partial charge in [-0.05, 0) is 43.2 Å². The van der Waals surface area contributed by atoms with Crippen molar-refractivity contribution in [3.05, 3.63) is 66.4 Å². The van der Waals surface area contributed by atoms with Crippen LogP contribution in [0.4, 0.5) is 5.82 Å². The lowest BCUT2D eigenvalue weighted by Gasteiger charge is -2.37. The van der Waals surface area contributed by atoms with Crippen LogP contribution in [0.1, 0.15) is 23.2 Å². The number of nitrogens with zero attached hydrogens (tertiary/aromatic N) is 6. The van der Waals surface area contributed by atoms with E-state index in [0.717, 1.165) is 40.8 Å². The molecule has 0 spiro atoms. The van der Waals surface area contributed by atoms with E-state index < -0.39 is 10.1 Å². The van der Waals surface area contributed by atoms with E-state index in [1.54, 1.807) is 22.8 Å². The number of aromatic nitrogens is 4. The lowest BCUT2D eigenvalue weighted by molar-refractivity contribution is 0.0709. The lowest BCUT2D eigenvalue weighted by atomic mass is 10.0. The van der Waals surface area contributed by atoms with E-state index >= 15 is 0 Å². The number of carbonyl (C=O) groups is 1. The van der Waals surface area contributed by atoms with Gasteiger partial charge < -0.3 is 9.80 Å². The van der Waals surface area contributed by atoms with Gasteiger partial charge in [-0.2, -0.15) is 13.5 Å². The van der Waals surface area contributed by atoms with Gasteiger partial charge in [0, 0.05) is 55.8 Å². The zero-order valence-corrected chi connectivity index (χ0v) is 20.8. The van der Waals surface area contributed by atoms with Gasteiger partial charge in [0.05, 0.1) is 10.6 Å². The molecular formula is C25H26N6O4S. The summed E-state index contributed by atoms with van der Waals surface area (Å²) in [7, 11) is -0.656. The van der Waals surface area contributed by atoms with E-state index in [-0.39, 0.29) is 16.8 Å². The van der Waals surface area contributed by atoms with Crippen LogP contribution in [-0.2, 0) is 17.2 Å². The second-order valence-corrected chi connectivity index (χ2v) is 10.3. The summed E-state index contributed by atoms with van der Waals surface area (Å²) in [5.74, 6) is 0.630. The largest absolute Gasteiger partial charge is 0.354 e. The Balaban J connectivity index is 1.32. The fraction of sp³-hybridized carbons (Fsp3) is 0.280. The Hall–Kier alpha value is -3.83. The van der Waals surface area contributed by atoms with Crippen molar-refractivity contribution in [3.63, 3.8) is 0 Å². The molecule has 1 aliphatic rings. The molecule has 0 aliphatic carbocycles. The quantitative estimate of drug-likeness (QED) is 0.410. The molecule has 2 aromatic carbocycles. The van der Waals surface area contributed by atoms with Crippen molar-refractivity contribution in [1.29, 1.82) is 0 Å². The molecule has 1 N–H and O–H groups in total. The number of anilines is 1. The zero-order valence-electron chi connectivity index (χ0n) is 19.9. The van der Waals surface area contributed by atoms with Crippen LogP contribution >= 0.6 is 0 Å². The van der Waals surface area contributed by atoms with Crippen LogP contribution in [0.25, 0.3) is 22.2 Å². The predicted octanol–water partition coefficient (Wildman–Crippen LogP) is 3.02. The summed E-state index contributed by atoms with van der Waals surface area (Å²) in [5, 5.41) is 15.4. The minimum Gasteiger partial charge on any atom is -0.354 e. The van der Waals surface area contributed by atoms with Gasteiger partial charge in [-0.25, -0.2) is 0 Å². The normalized spacial score (nSPS) is 14.8. The summed E-state index contributed by atoms with van der Waals surface area (Å²) in [5.41, 5.74) is 2.05. The summed E-state index contributed by atoms with van der Waals surface area (Å²) in [6, 6.07) is 15.3. The fourth-order valence-electron chi connectivity index (χ4n) is 4.72. The molecule has 0 bridgehead atoms. The maximum atomic E-state index is 13.0. The molecule has 1 fully saturated rings. The molecule has 0 radical (unpaired) electrons. The zero-order chi connectivity index (χ0) is 25.4. The van der Waals surface area contributed by atoms with Crippen molar-refractivity contribution >= 4 is 32.6 Å². The molecule has 1 aliphatic heterocycles. The van der Waals surface area contributed by atoms with E-state index in [9.17, 15) is 13.2 Å². The van der Waals surface area contributed by atoms with Crippen LogP contribution in [0.2, 0.25) is 0 Å². The number of rotatable bonds is 5. The van der Waals surface area contributed by atoms with Crippen molar-refractivity contribution in [2.45, 2.75) is 23.8 Å². The Labute approximate surface area is 208 Å². The van der Waals surface area contributed by atoms with Gasteiger partial charge in [-0.1, -0.05) is 24.3 Å². The Bertz CT molecular complexity index is 1530. The van der Waals surface area contributed by atoms with Crippen molar-refractivity contribution in [3.8, 4) is 11.4 Å². The Morgan fingerprint density at radius 3 is 2.28 bits per heavy atom. The van der Waals surface area contributed by atoms with Gasteiger partial charge in [0.2, 0.25) is 0 Å². The van der Waals surface area contributed by atoms with E-state index in [1.807, 2.05) is 31.3 Å². The van der Waals surface area contributed by atoms with E-state index in [0.29, 0.717) is 18.7 Å². The third-order valence-corrected chi connectivity index (χ3v) is 7.63. The molecule has 36 heavy (non-hydrogen) atoms. The smallest absolute Gasteiger partial charge is 0.294 e. The first kappa shape index (κ1) is 23.9. The van der Waals surface area contributed by atoms with Gasteiger partial charge in [-0.15, -0.1) is 10.2 Å². The number of aryl methyl sites for hydroxylation is 1. The molecule has 5 rings (SSSR count). The second kappa shape index (κ2) is 9.32. The van der Waals surface area contributed by atoms with Crippen molar-refractivity contribution in [1.82, 2.24) is 24.9 Å². The van der Waals surface area contributed by atoms with Crippen molar-refractivity contribution in [2.24, 2.45) is 7.05 Å². The van der Waals surface area contributed by atoms with Crippen LogP contribution in [0.15, 0.2) is 65.7 Å². The third-order valence-electron chi connectivity index (χ3n) is 6.76. The topological polar surface area (TPSA) is 122 Å². The Morgan fingerprint density at radius 1 is 1.00 bits per heavy atom. The maximum absolute atomic E-state index is 13.0. The minimum absolute atomic E-state index is 0.0305. The number of amides is 1. The molecule has 11 heteroatoms. The van der Waals surface area contributed by atoms with Gasteiger partial charge in [-0.3, -0.25) is 14.0 Å². The molecular weight excluding hydrogens is 480 g/mol. The lowest BCUT2D eigenvalue weighted by Crippen LogP contribution is -2.46. The number of hydrogen-bond donors (Lipinski definition) is 1. The summed E-state index contributed by atoms with van der Waals surface area (Å²) in [6.45, 7) is 1.43. The van der Waals surface area contributed by atoms with E-state index in [1.165, 1.54) is 24.3 Å². The standard InChI is InChI=1S/C25H26N6O4S/c1-29(25(32)17-7-9-19(10-8-17)36(33,34)35)18-12-15-31(16-13-18)24-21-6-4-3-5-20(21)23(27-28-24)22-11-14-26-30(22)2/h3-11,14,18H,12-13,15-16H2,1-2H3,(H,33,34,35). The Kier molecular flexibility index (Phi) is 6.19. The van der Waals surface area contributed by atoms with Crippen LogP contribution < -0.4 is 4.90 Å². The first-order valence-electron chi connectivity index (χ1n) is 11.6. The first-order chi connectivity index (χ1) is 17.2. The van der Waals surface area contributed by atoms with Crippen LogP contribution in [0.5, 0.6) is 0 Å². The van der Waals surface area contributed by atoms with Gasteiger partial charge in [0.1, 0.15) is 5.69 Å². The summed E-state index contributed by atoms with van der Waals surface area (Å²) in [4.78, 5) is 16.7. The highest BCUT2D eigenvalue weighted by Gasteiger charge is 2.28. The predicted molar refractivity (Wildman–Crippen MR) is 135 cm³/mol. The van der Waals surface area contributed by atoms with E-state index in [2.05, 4.69) is 26.3 Å². The first-order valence-corrected chi connectivity index (χ1v) is 13.0. The SMILES string of the molecule is CN(C(=O)c1ccc(S(=O)(=O)O)cc1)C1CCN(c2nnc(-c3ccnn3C)c3ccccc23)CC1. The molecule has 0 atom stereocenters. The third kappa shape index (κ3) is 4.42.